The molecule has 2 amide bonds. The number of piperazine rings is 1. The van der Waals surface area contributed by atoms with Crippen molar-refractivity contribution < 1.29 is 9.59 Å². The van der Waals surface area contributed by atoms with Crippen molar-refractivity contribution in [3.05, 3.63) is 23.9 Å². The Morgan fingerprint density at radius 1 is 1.47 bits per heavy atom. The van der Waals surface area contributed by atoms with Gasteiger partial charge in [0.2, 0.25) is 5.91 Å². The van der Waals surface area contributed by atoms with Crippen LogP contribution in [0.15, 0.2) is 18.2 Å². The lowest BCUT2D eigenvalue weighted by Crippen LogP contribution is -2.50. The van der Waals surface area contributed by atoms with Gasteiger partial charge in [-0.15, -0.1) is 12.4 Å². The molecule has 0 unspecified atom stereocenters. The lowest BCUT2D eigenvalue weighted by Gasteiger charge is -2.26. The molecular formula is C10H13ClN4O2. The topological polar surface area (TPSA) is 88.3 Å². The number of halogens is 1. The average Bonchev–Trinajstić information content (AvgIpc) is 2.28. The third-order valence-electron chi connectivity index (χ3n) is 2.32. The van der Waals surface area contributed by atoms with E-state index in [1.807, 2.05) is 0 Å². The fourth-order valence-corrected chi connectivity index (χ4v) is 1.54. The minimum atomic E-state index is -0.262. The molecule has 1 aromatic rings. The predicted octanol–water partition coefficient (Wildman–Crippen LogP) is -0.342. The summed E-state index contributed by atoms with van der Waals surface area (Å²) < 4.78 is 0. The van der Waals surface area contributed by atoms with Gasteiger partial charge in [-0.2, -0.15) is 0 Å². The summed E-state index contributed by atoms with van der Waals surface area (Å²) in [6.45, 7) is 1.06. The van der Waals surface area contributed by atoms with Crippen LogP contribution >= 0.6 is 12.4 Å². The highest BCUT2D eigenvalue weighted by molar-refractivity contribution is 5.95. The fourth-order valence-electron chi connectivity index (χ4n) is 1.54. The van der Waals surface area contributed by atoms with Gasteiger partial charge in [0, 0.05) is 13.1 Å². The number of carbonyl (C=O) groups is 2. The first-order valence-electron chi connectivity index (χ1n) is 4.95. The monoisotopic (exact) mass is 256 g/mol. The molecule has 1 saturated heterocycles. The summed E-state index contributed by atoms with van der Waals surface area (Å²) >= 11 is 0. The highest BCUT2D eigenvalue weighted by atomic mass is 35.5. The Bertz CT molecular complexity index is 438. The van der Waals surface area contributed by atoms with Gasteiger partial charge in [-0.25, -0.2) is 4.98 Å². The van der Waals surface area contributed by atoms with Crippen molar-refractivity contribution in [2.75, 3.05) is 25.4 Å². The molecule has 0 spiro atoms. The Balaban J connectivity index is 0.00000144. The highest BCUT2D eigenvalue weighted by Crippen LogP contribution is 2.06. The third kappa shape index (κ3) is 3.07. The fraction of sp³-hybridized carbons (Fsp3) is 0.300. The first-order valence-corrected chi connectivity index (χ1v) is 4.95. The van der Waals surface area contributed by atoms with Crippen LogP contribution in [-0.4, -0.2) is 41.3 Å². The Morgan fingerprint density at radius 2 is 2.24 bits per heavy atom. The summed E-state index contributed by atoms with van der Waals surface area (Å²) in [6, 6.07) is 4.87. The lowest BCUT2D eigenvalue weighted by atomic mass is 10.2. The van der Waals surface area contributed by atoms with Gasteiger partial charge >= 0.3 is 0 Å². The number of hydrogen-bond acceptors (Lipinski definition) is 4. The summed E-state index contributed by atoms with van der Waals surface area (Å²) in [7, 11) is 0. The molecule has 17 heavy (non-hydrogen) atoms. The molecule has 2 heterocycles. The Hall–Kier alpha value is -1.82. The van der Waals surface area contributed by atoms with Crippen LogP contribution in [0.2, 0.25) is 0 Å². The Kier molecular flexibility index (Phi) is 4.28. The molecular weight excluding hydrogens is 244 g/mol. The van der Waals surface area contributed by atoms with Crippen LogP contribution in [0.25, 0.3) is 0 Å². The van der Waals surface area contributed by atoms with Crippen molar-refractivity contribution in [2.24, 2.45) is 0 Å². The summed E-state index contributed by atoms with van der Waals surface area (Å²) in [5.41, 5.74) is 5.76. The molecule has 0 saturated carbocycles. The van der Waals surface area contributed by atoms with E-state index >= 15 is 0 Å². The lowest BCUT2D eigenvalue weighted by molar-refractivity contribution is -0.123. The van der Waals surface area contributed by atoms with E-state index in [-0.39, 0.29) is 36.5 Å². The molecule has 0 radical (unpaired) electrons. The standard InChI is InChI=1S/C10H12N4O2.ClH/c11-8-3-1-2-7(13-8)10(16)14-5-4-12-9(15)6-14;/h1-3H,4-6H2,(H2,11,13)(H,12,15);1H. The van der Waals surface area contributed by atoms with E-state index in [1.54, 1.807) is 18.2 Å². The minimum Gasteiger partial charge on any atom is -0.384 e. The number of aromatic nitrogens is 1. The van der Waals surface area contributed by atoms with Crippen LogP contribution in [0.3, 0.4) is 0 Å². The average molecular weight is 257 g/mol. The maximum absolute atomic E-state index is 11.9. The van der Waals surface area contributed by atoms with Crippen molar-refractivity contribution in [1.29, 1.82) is 0 Å². The van der Waals surface area contributed by atoms with E-state index < -0.39 is 0 Å². The van der Waals surface area contributed by atoms with E-state index in [9.17, 15) is 9.59 Å². The van der Waals surface area contributed by atoms with Crippen LogP contribution in [0.5, 0.6) is 0 Å². The molecule has 0 aliphatic carbocycles. The van der Waals surface area contributed by atoms with E-state index in [0.717, 1.165) is 0 Å². The number of nitrogens with two attached hydrogens (primary N) is 1. The van der Waals surface area contributed by atoms with Crippen LogP contribution in [-0.2, 0) is 4.79 Å². The summed E-state index contributed by atoms with van der Waals surface area (Å²) in [5.74, 6) is -0.113. The maximum atomic E-state index is 11.9. The van der Waals surface area contributed by atoms with Gasteiger partial charge in [-0.05, 0) is 12.1 Å². The number of rotatable bonds is 1. The second-order valence-corrected chi connectivity index (χ2v) is 3.52. The van der Waals surface area contributed by atoms with Crippen LogP contribution < -0.4 is 11.1 Å². The Labute approximate surface area is 105 Å². The second kappa shape index (κ2) is 5.49. The number of amides is 2. The van der Waals surface area contributed by atoms with E-state index in [4.69, 9.17) is 5.73 Å². The molecule has 1 aliphatic rings. The zero-order valence-corrected chi connectivity index (χ0v) is 9.87. The van der Waals surface area contributed by atoms with Gasteiger partial charge in [-0.3, -0.25) is 9.59 Å². The summed E-state index contributed by atoms with van der Waals surface area (Å²) in [5, 5.41) is 2.65. The molecule has 0 aromatic carbocycles. The number of pyridine rings is 1. The third-order valence-corrected chi connectivity index (χ3v) is 2.32. The molecule has 0 bridgehead atoms. The molecule has 92 valence electrons. The van der Waals surface area contributed by atoms with Gasteiger partial charge in [0.05, 0.1) is 6.54 Å². The molecule has 1 fully saturated rings. The number of nitrogens with one attached hydrogen (secondary N) is 1. The highest BCUT2D eigenvalue weighted by Gasteiger charge is 2.22. The molecule has 6 nitrogen and oxygen atoms in total. The zero-order chi connectivity index (χ0) is 11.5. The van der Waals surface area contributed by atoms with Crippen molar-refractivity contribution in [2.45, 2.75) is 0 Å². The second-order valence-electron chi connectivity index (χ2n) is 3.52. The largest absolute Gasteiger partial charge is 0.384 e. The molecule has 1 aromatic heterocycles. The number of hydrogen-bond donors (Lipinski definition) is 2. The molecule has 3 N–H and O–H groups in total. The minimum absolute atomic E-state index is 0. The number of anilines is 1. The van der Waals surface area contributed by atoms with E-state index in [0.29, 0.717) is 18.9 Å². The van der Waals surface area contributed by atoms with E-state index in [1.165, 1.54) is 4.90 Å². The zero-order valence-electron chi connectivity index (χ0n) is 9.05. The first-order chi connectivity index (χ1) is 7.66. The van der Waals surface area contributed by atoms with Crippen molar-refractivity contribution >= 4 is 30.0 Å². The van der Waals surface area contributed by atoms with Crippen molar-refractivity contribution in [1.82, 2.24) is 15.2 Å². The quantitative estimate of drug-likeness (QED) is 0.719. The van der Waals surface area contributed by atoms with Crippen LogP contribution in [0, 0.1) is 0 Å². The molecule has 7 heteroatoms. The number of nitrogen functional groups attached to an aromatic ring is 1. The summed E-state index contributed by atoms with van der Waals surface area (Å²) in [4.78, 5) is 28.4. The Morgan fingerprint density at radius 3 is 2.88 bits per heavy atom. The smallest absolute Gasteiger partial charge is 0.273 e. The normalized spacial score (nSPS) is 14.8. The summed E-state index contributed by atoms with van der Waals surface area (Å²) in [6.07, 6.45) is 0. The maximum Gasteiger partial charge on any atom is 0.273 e. The van der Waals surface area contributed by atoms with Gasteiger partial charge in [0.1, 0.15) is 11.5 Å². The van der Waals surface area contributed by atoms with Crippen molar-refractivity contribution in [3.63, 3.8) is 0 Å². The predicted molar refractivity (Wildman–Crippen MR) is 64.8 cm³/mol. The van der Waals surface area contributed by atoms with E-state index in [2.05, 4.69) is 10.3 Å². The van der Waals surface area contributed by atoms with Crippen molar-refractivity contribution in [3.8, 4) is 0 Å². The van der Waals surface area contributed by atoms with Gasteiger partial charge in [-0.1, -0.05) is 6.07 Å². The van der Waals surface area contributed by atoms with Crippen LogP contribution in [0.1, 0.15) is 10.5 Å². The van der Waals surface area contributed by atoms with Gasteiger partial charge in [0.25, 0.3) is 5.91 Å². The first kappa shape index (κ1) is 13.2. The molecule has 1 aliphatic heterocycles. The molecule has 0 atom stereocenters. The molecule has 2 rings (SSSR count). The van der Waals surface area contributed by atoms with Gasteiger partial charge < -0.3 is 16.0 Å². The number of carbonyl (C=O) groups excluding carboxylic acids is 2. The van der Waals surface area contributed by atoms with Gasteiger partial charge in [0.15, 0.2) is 0 Å². The SMILES string of the molecule is Cl.Nc1cccc(C(=O)N2CCNC(=O)C2)n1. The van der Waals surface area contributed by atoms with Crippen LogP contribution in [0.4, 0.5) is 5.82 Å². The number of nitrogens with zero attached hydrogens (tertiary/aromatic N) is 2.